The van der Waals surface area contributed by atoms with E-state index in [-0.39, 0.29) is 11.2 Å². The summed E-state index contributed by atoms with van der Waals surface area (Å²) in [5, 5.41) is 20.2. The number of para-hydroxylation sites is 1. The van der Waals surface area contributed by atoms with E-state index < -0.39 is 11.4 Å². The molecule has 2 N–H and O–H groups in total. The molecule has 0 radical (unpaired) electrons. The maximum atomic E-state index is 11.7. The second-order valence-corrected chi connectivity index (χ2v) is 6.55. The number of hydrogen-bond acceptors (Lipinski definition) is 2. The van der Waals surface area contributed by atoms with Gasteiger partial charge in [-0.05, 0) is 23.8 Å². The van der Waals surface area contributed by atoms with Crippen molar-refractivity contribution in [3.8, 4) is 5.75 Å². The second kappa shape index (κ2) is 4.55. The van der Waals surface area contributed by atoms with Gasteiger partial charge in [-0.25, -0.2) is 0 Å². The van der Waals surface area contributed by atoms with Gasteiger partial charge in [0.2, 0.25) is 0 Å². The molecular formula is C16H22O3. The van der Waals surface area contributed by atoms with Crippen molar-refractivity contribution in [2.24, 2.45) is 0 Å². The third kappa shape index (κ3) is 2.22. The van der Waals surface area contributed by atoms with Crippen molar-refractivity contribution >= 4 is 5.97 Å². The van der Waals surface area contributed by atoms with Crippen LogP contribution in [0.1, 0.15) is 57.6 Å². The first-order valence-electron chi connectivity index (χ1n) is 6.85. The lowest BCUT2D eigenvalue weighted by atomic mass is 9.75. The summed E-state index contributed by atoms with van der Waals surface area (Å²) in [5.74, 6) is -0.648. The minimum absolute atomic E-state index is 0.166. The van der Waals surface area contributed by atoms with Gasteiger partial charge in [-0.3, -0.25) is 4.79 Å². The predicted octanol–water partition coefficient (Wildman–Crippen LogP) is 3.59. The number of rotatable bonds is 2. The van der Waals surface area contributed by atoms with E-state index in [4.69, 9.17) is 0 Å². The van der Waals surface area contributed by atoms with Crippen LogP contribution in [0.15, 0.2) is 18.2 Å². The third-order valence-electron chi connectivity index (χ3n) is 4.23. The molecule has 0 aromatic heterocycles. The Hall–Kier alpha value is -1.51. The molecule has 104 valence electrons. The molecule has 1 aromatic carbocycles. The molecule has 1 aromatic rings. The molecule has 0 spiro atoms. The Kier molecular flexibility index (Phi) is 3.33. The Balaban J connectivity index is 2.60. The number of aliphatic carboxylic acids is 1. The fourth-order valence-electron chi connectivity index (χ4n) is 3.11. The molecule has 0 bridgehead atoms. The molecule has 0 aliphatic heterocycles. The number of phenolic OH excluding ortho intramolecular Hbond substituents is 1. The predicted molar refractivity (Wildman–Crippen MR) is 74.6 cm³/mol. The zero-order valence-electron chi connectivity index (χ0n) is 11.9. The molecular weight excluding hydrogens is 240 g/mol. The van der Waals surface area contributed by atoms with Crippen molar-refractivity contribution < 1.29 is 15.0 Å². The van der Waals surface area contributed by atoms with Crippen molar-refractivity contribution in [2.45, 2.75) is 57.3 Å². The molecule has 19 heavy (non-hydrogen) atoms. The van der Waals surface area contributed by atoms with Crippen LogP contribution < -0.4 is 0 Å². The van der Waals surface area contributed by atoms with Crippen LogP contribution in [0.4, 0.5) is 0 Å². The molecule has 0 saturated heterocycles. The zero-order valence-corrected chi connectivity index (χ0v) is 11.9. The van der Waals surface area contributed by atoms with Crippen LogP contribution in [0.2, 0.25) is 0 Å². The summed E-state index contributed by atoms with van der Waals surface area (Å²) in [6, 6.07) is 5.51. The molecule has 0 amide bonds. The molecule has 2 rings (SSSR count). The number of phenols is 1. The normalized spacial score (nSPS) is 18.5. The number of carbonyl (C=O) groups is 1. The molecule has 0 unspecified atom stereocenters. The Morgan fingerprint density at radius 1 is 1.21 bits per heavy atom. The topological polar surface area (TPSA) is 57.5 Å². The largest absolute Gasteiger partial charge is 0.507 e. The van der Waals surface area contributed by atoms with Crippen LogP contribution in [-0.4, -0.2) is 16.2 Å². The molecule has 1 fully saturated rings. The number of aromatic hydroxyl groups is 1. The average molecular weight is 262 g/mol. The van der Waals surface area contributed by atoms with Gasteiger partial charge in [-0.2, -0.15) is 0 Å². The van der Waals surface area contributed by atoms with Crippen molar-refractivity contribution in [3.05, 3.63) is 29.3 Å². The van der Waals surface area contributed by atoms with Crippen LogP contribution in [0.5, 0.6) is 5.75 Å². The van der Waals surface area contributed by atoms with E-state index in [0.29, 0.717) is 18.4 Å². The number of carboxylic acid groups (broad SMARTS) is 1. The Bertz CT molecular complexity index is 491. The molecule has 3 heteroatoms. The van der Waals surface area contributed by atoms with Crippen molar-refractivity contribution in [3.63, 3.8) is 0 Å². The van der Waals surface area contributed by atoms with Crippen molar-refractivity contribution in [1.29, 1.82) is 0 Å². The number of hydrogen-bond donors (Lipinski definition) is 2. The van der Waals surface area contributed by atoms with Gasteiger partial charge in [0, 0.05) is 5.56 Å². The first kappa shape index (κ1) is 13.9. The number of benzene rings is 1. The van der Waals surface area contributed by atoms with Crippen LogP contribution in [-0.2, 0) is 15.6 Å². The van der Waals surface area contributed by atoms with Gasteiger partial charge in [0.15, 0.2) is 0 Å². The van der Waals surface area contributed by atoms with Gasteiger partial charge in [-0.1, -0.05) is 51.8 Å². The zero-order chi connectivity index (χ0) is 14.3. The van der Waals surface area contributed by atoms with E-state index in [9.17, 15) is 15.0 Å². The van der Waals surface area contributed by atoms with E-state index in [1.54, 1.807) is 6.07 Å². The van der Waals surface area contributed by atoms with Crippen LogP contribution in [0, 0.1) is 0 Å². The highest BCUT2D eigenvalue weighted by atomic mass is 16.4. The summed E-state index contributed by atoms with van der Waals surface area (Å²) < 4.78 is 0. The van der Waals surface area contributed by atoms with Gasteiger partial charge < -0.3 is 10.2 Å². The standard InChI is InChI=1S/C16H22O3/c1-15(2,3)11-7-6-8-12(13(11)17)16(14(18)19)9-4-5-10-16/h6-8,17H,4-5,9-10H2,1-3H3,(H,18,19). The summed E-state index contributed by atoms with van der Waals surface area (Å²) in [6.45, 7) is 6.07. The van der Waals surface area contributed by atoms with E-state index in [2.05, 4.69) is 0 Å². The Morgan fingerprint density at radius 3 is 2.26 bits per heavy atom. The second-order valence-electron chi connectivity index (χ2n) is 6.55. The quantitative estimate of drug-likeness (QED) is 0.856. The summed E-state index contributed by atoms with van der Waals surface area (Å²) in [5.41, 5.74) is 0.312. The van der Waals surface area contributed by atoms with E-state index in [1.807, 2.05) is 32.9 Å². The van der Waals surface area contributed by atoms with E-state index in [0.717, 1.165) is 18.4 Å². The van der Waals surface area contributed by atoms with Gasteiger partial charge in [0.25, 0.3) is 0 Å². The maximum Gasteiger partial charge on any atom is 0.314 e. The highest BCUT2D eigenvalue weighted by Gasteiger charge is 2.45. The average Bonchev–Trinajstić information content (AvgIpc) is 2.77. The van der Waals surface area contributed by atoms with Gasteiger partial charge in [-0.15, -0.1) is 0 Å². The number of carboxylic acids is 1. The van der Waals surface area contributed by atoms with Crippen molar-refractivity contribution in [1.82, 2.24) is 0 Å². The molecule has 0 atom stereocenters. The highest BCUT2D eigenvalue weighted by Crippen LogP contribution is 2.47. The lowest BCUT2D eigenvalue weighted by Gasteiger charge is -2.29. The van der Waals surface area contributed by atoms with E-state index >= 15 is 0 Å². The van der Waals surface area contributed by atoms with Crippen molar-refractivity contribution in [2.75, 3.05) is 0 Å². The van der Waals surface area contributed by atoms with E-state index in [1.165, 1.54) is 0 Å². The molecule has 0 heterocycles. The fourth-order valence-corrected chi connectivity index (χ4v) is 3.11. The highest BCUT2D eigenvalue weighted by molar-refractivity contribution is 5.83. The summed E-state index contributed by atoms with van der Waals surface area (Å²) >= 11 is 0. The minimum Gasteiger partial charge on any atom is -0.507 e. The smallest absolute Gasteiger partial charge is 0.314 e. The lowest BCUT2D eigenvalue weighted by Crippen LogP contribution is -2.33. The molecule has 3 nitrogen and oxygen atoms in total. The maximum absolute atomic E-state index is 11.7. The summed E-state index contributed by atoms with van der Waals surface area (Å²) in [6.07, 6.45) is 3.05. The summed E-state index contributed by atoms with van der Waals surface area (Å²) in [4.78, 5) is 11.7. The van der Waals surface area contributed by atoms with Gasteiger partial charge in [0.1, 0.15) is 5.75 Å². The van der Waals surface area contributed by atoms with Crippen LogP contribution in [0.25, 0.3) is 0 Å². The monoisotopic (exact) mass is 262 g/mol. The Morgan fingerprint density at radius 2 is 1.79 bits per heavy atom. The molecule has 1 saturated carbocycles. The van der Waals surface area contributed by atoms with Gasteiger partial charge in [0.05, 0.1) is 5.41 Å². The van der Waals surface area contributed by atoms with Crippen LogP contribution in [0.3, 0.4) is 0 Å². The first-order valence-corrected chi connectivity index (χ1v) is 6.85. The SMILES string of the molecule is CC(C)(C)c1cccc(C2(C(=O)O)CCCC2)c1O. The summed E-state index contributed by atoms with van der Waals surface area (Å²) in [7, 11) is 0. The molecule has 1 aliphatic carbocycles. The first-order chi connectivity index (χ1) is 8.79. The minimum atomic E-state index is -0.897. The third-order valence-corrected chi connectivity index (χ3v) is 4.23. The molecule has 1 aliphatic rings. The van der Waals surface area contributed by atoms with Crippen LogP contribution >= 0.6 is 0 Å². The van der Waals surface area contributed by atoms with Gasteiger partial charge >= 0.3 is 5.97 Å². The fraction of sp³-hybridized carbons (Fsp3) is 0.562. The Labute approximate surface area is 114 Å². The lowest BCUT2D eigenvalue weighted by molar-refractivity contribution is -0.143.